The lowest BCUT2D eigenvalue weighted by atomic mass is 10.3. The Bertz CT molecular complexity index is 342. The Balaban J connectivity index is 2.21. The summed E-state index contributed by atoms with van der Waals surface area (Å²) in [6.45, 7) is 1.62. The van der Waals surface area contributed by atoms with Gasteiger partial charge in [0, 0.05) is 19.2 Å². The Labute approximate surface area is 98.6 Å². The molecule has 17 heavy (non-hydrogen) atoms. The molecule has 0 amide bonds. The van der Waals surface area contributed by atoms with Crippen LogP contribution in [0.2, 0.25) is 0 Å². The molecule has 94 valence electrons. The van der Waals surface area contributed by atoms with Crippen molar-refractivity contribution in [3.63, 3.8) is 0 Å². The van der Waals surface area contributed by atoms with E-state index in [2.05, 4.69) is 10.3 Å². The zero-order valence-corrected chi connectivity index (χ0v) is 9.33. The van der Waals surface area contributed by atoms with Gasteiger partial charge in [-0.15, -0.1) is 0 Å². The second kappa shape index (κ2) is 7.53. The summed E-state index contributed by atoms with van der Waals surface area (Å²) in [5, 5.41) is 21.9. The van der Waals surface area contributed by atoms with Crippen molar-refractivity contribution in [3.8, 4) is 0 Å². The normalized spacial score (nSPS) is 10.2. The van der Waals surface area contributed by atoms with E-state index in [0.29, 0.717) is 19.8 Å². The highest BCUT2D eigenvalue weighted by Gasteiger charge is 2.05. The predicted molar refractivity (Wildman–Crippen MR) is 61.9 cm³/mol. The average Bonchev–Trinajstić information content (AvgIpc) is 2.34. The van der Waals surface area contributed by atoms with Gasteiger partial charge in [-0.2, -0.15) is 0 Å². The summed E-state index contributed by atoms with van der Waals surface area (Å²) in [5.41, 5.74) is 0.734. The molecule has 0 bridgehead atoms. The van der Waals surface area contributed by atoms with E-state index in [1.807, 2.05) is 0 Å². The van der Waals surface area contributed by atoms with E-state index >= 15 is 0 Å². The van der Waals surface area contributed by atoms with Crippen LogP contribution in [0, 0.1) is 10.1 Å². The number of aromatic nitrogens is 1. The van der Waals surface area contributed by atoms with Crippen molar-refractivity contribution in [1.29, 1.82) is 0 Å². The van der Waals surface area contributed by atoms with E-state index in [1.54, 1.807) is 6.07 Å². The van der Waals surface area contributed by atoms with Gasteiger partial charge in [0.25, 0.3) is 0 Å². The Kier molecular flexibility index (Phi) is 5.91. The zero-order valence-electron chi connectivity index (χ0n) is 9.33. The van der Waals surface area contributed by atoms with E-state index in [1.165, 1.54) is 12.3 Å². The molecule has 2 N–H and O–H groups in total. The SMILES string of the molecule is O=[N+]([O-])c1ccc(NCCCOCCO)cn1. The second-order valence-electron chi connectivity index (χ2n) is 3.28. The molecule has 0 fully saturated rings. The summed E-state index contributed by atoms with van der Waals surface area (Å²) in [6, 6.07) is 2.96. The van der Waals surface area contributed by atoms with Crippen LogP contribution in [0.3, 0.4) is 0 Å². The van der Waals surface area contributed by atoms with Crippen LogP contribution in [0.5, 0.6) is 0 Å². The number of pyridine rings is 1. The van der Waals surface area contributed by atoms with E-state index in [9.17, 15) is 10.1 Å². The third-order valence-electron chi connectivity index (χ3n) is 1.97. The highest BCUT2D eigenvalue weighted by atomic mass is 16.6. The average molecular weight is 241 g/mol. The molecule has 1 aromatic heterocycles. The molecule has 0 unspecified atom stereocenters. The Morgan fingerprint density at radius 3 is 2.88 bits per heavy atom. The van der Waals surface area contributed by atoms with Gasteiger partial charge in [-0.05, 0) is 22.4 Å². The minimum atomic E-state index is -0.535. The van der Waals surface area contributed by atoms with Gasteiger partial charge >= 0.3 is 5.82 Å². The summed E-state index contributed by atoms with van der Waals surface area (Å²) >= 11 is 0. The summed E-state index contributed by atoms with van der Waals surface area (Å²) < 4.78 is 5.08. The molecule has 0 aliphatic carbocycles. The van der Waals surface area contributed by atoms with Gasteiger partial charge in [0.2, 0.25) is 0 Å². The van der Waals surface area contributed by atoms with Crippen LogP contribution >= 0.6 is 0 Å². The number of nitro groups is 1. The van der Waals surface area contributed by atoms with Crippen molar-refractivity contribution in [2.24, 2.45) is 0 Å². The quantitative estimate of drug-likeness (QED) is 0.397. The van der Waals surface area contributed by atoms with Crippen molar-refractivity contribution in [2.75, 3.05) is 31.7 Å². The van der Waals surface area contributed by atoms with Crippen LogP contribution in [0.15, 0.2) is 18.3 Å². The monoisotopic (exact) mass is 241 g/mol. The summed E-state index contributed by atoms with van der Waals surface area (Å²) in [6.07, 6.45) is 2.21. The minimum Gasteiger partial charge on any atom is -0.394 e. The number of aliphatic hydroxyl groups excluding tert-OH is 1. The van der Waals surface area contributed by atoms with Crippen LogP contribution < -0.4 is 5.32 Å². The Morgan fingerprint density at radius 1 is 1.47 bits per heavy atom. The van der Waals surface area contributed by atoms with Gasteiger partial charge in [-0.1, -0.05) is 0 Å². The smallest absolute Gasteiger partial charge is 0.363 e. The number of ether oxygens (including phenoxy) is 1. The maximum atomic E-state index is 10.4. The molecule has 1 aromatic rings. The van der Waals surface area contributed by atoms with Gasteiger partial charge in [-0.3, -0.25) is 0 Å². The number of aliphatic hydroxyl groups is 1. The highest BCUT2D eigenvalue weighted by molar-refractivity contribution is 5.43. The maximum absolute atomic E-state index is 10.4. The van der Waals surface area contributed by atoms with Crippen LogP contribution in [0.25, 0.3) is 0 Å². The predicted octanol–water partition coefficient (Wildman–Crippen LogP) is 0.801. The largest absolute Gasteiger partial charge is 0.394 e. The first-order valence-electron chi connectivity index (χ1n) is 5.27. The van der Waals surface area contributed by atoms with Crippen LogP contribution in [-0.2, 0) is 4.74 Å². The third-order valence-corrected chi connectivity index (χ3v) is 1.97. The summed E-state index contributed by atoms with van der Waals surface area (Å²) in [5.74, 6) is -0.165. The van der Waals surface area contributed by atoms with Crippen molar-refractivity contribution in [1.82, 2.24) is 4.98 Å². The van der Waals surface area contributed by atoms with Gasteiger partial charge < -0.3 is 25.3 Å². The second-order valence-corrected chi connectivity index (χ2v) is 3.28. The van der Waals surface area contributed by atoms with E-state index < -0.39 is 4.92 Å². The molecular weight excluding hydrogens is 226 g/mol. The van der Waals surface area contributed by atoms with E-state index in [4.69, 9.17) is 9.84 Å². The van der Waals surface area contributed by atoms with Crippen molar-refractivity contribution in [2.45, 2.75) is 6.42 Å². The first-order chi connectivity index (χ1) is 8.24. The standard InChI is InChI=1S/C10H15N3O4/c14-5-7-17-6-1-4-11-9-2-3-10(12-8-9)13(15)16/h2-3,8,11,14H,1,4-7H2. The molecule has 0 spiro atoms. The fraction of sp³-hybridized carbons (Fsp3) is 0.500. The minimum absolute atomic E-state index is 0.0275. The molecule has 0 aliphatic rings. The zero-order chi connectivity index (χ0) is 12.5. The highest BCUT2D eigenvalue weighted by Crippen LogP contribution is 2.10. The van der Waals surface area contributed by atoms with Crippen LogP contribution in [0.4, 0.5) is 11.5 Å². The molecule has 0 saturated heterocycles. The van der Waals surface area contributed by atoms with Crippen LogP contribution in [0.1, 0.15) is 6.42 Å². The molecule has 1 heterocycles. The Morgan fingerprint density at radius 2 is 2.29 bits per heavy atom. The summed E-state index contributed by atoms with van der Waals surface area (Å²) in [4.78, 5) is 13.5. The van der Waals surface area contributed by atoms with E-state index in [-0.39, 0.29) is 12.4 Å². The molecule has 0 aromatic carbocycles. The molecule has 1 rings (SSSR count). The lowest BCUT2D eigenvalue weighted by molar-refractivity contribution is -0.389. The molecule has 0 aliphatic heterocycles. The van der Waals surface area contributed by atoms with Crippen molar-refractivity contribution < 1.29 is 14.8 Å². The molecule has 0 atom stereocenters. The van der Waals surface area contributed by atoms with Gasteiger partial charge in [0.05, 0.1) is 18.9 Å². The lowest BCUT2D eigenvalue weighted by Gasteiger charge is -2.04. The number of nitrogens with zero attached hydrogens (tertiary/aromatic N) is 2. The molecule has 0 radical (unpaired) electrons. The number of nitrogens with one attached hydrogen (secondary N) is 1. The fourth-order valence-corrected chi connectivity index (χ4v) is 1.17. The lowest BCUT2D eigenvalue weighted by Crippen LogP contribution is -2.07. The van der Waals surface area contributed by atoms with E-state index in [0.717, 1.165) is 12.1 Å². The number of hydrogen-bond donors (Lipinski definition) is 2. The van der Waals surface area contributed by atoms with Crippen LogP contribution in [-0.4, -0.2) is 41.4 Å². The fourth-order valence-electron chi connectivity index (χ4n) is 1.17. The van der Waals surface area contributed by atoms with Gasteiger partial charge in [0.1, 0.15) is 0 Å². The topological polar surface area (TPSA) is 97.5 Å². The van der Waals surface area contributed by atoms with Gasteiger partial charge in [0.15, 0.2) is 6.20 Å². The number of anilines is 1. The summed E-state index contributed by atoms with van der Waals surface area (Å²) in [7, 11) is 0. The molecular formula is C10H15N3O4. The first-order valence-corrected chi connectivity index (χ1v) is 5.27. The van der Waals surface area contributed by atoms with Crippen molar-refractivity contribution in [3.05, 3.63) is 28.4 Å². The molecule has 7 nitrogen and oxygen atoms in total. The van der Waals surface area contributed by atoms with Crippen molar-refractivity contribution >= 4 is 11.5 Å². The number of hydrogen-bond acceptors (Lipinski definition) is 6. The third kappa shape index (κ3) is 5.23. The molecule has 0 saturated carbocycles. The van der Waals surface area contributed by atoms with Gasteiger partial charge in [-0.25, -0.2) is 0 Å². The first kappa shape index (κ1) is 13.3. The molecule has 7 heteroatoms. The Hall–Kier alpha value is -1.73. The maximum Gasteiger partial charge on any atom is 0.363 e. The number of rotatable bonds is 8.